The number of piperazine rings is 1. The maximum Gasteiger partial charge on any atom is 0.239 e. The Hall–Kier alpha value is -1.84. The van der Waals surface area contributed by atoms with Crippen molar-refractivity contribution >= 4 is 11.8 Å². The van der Waals surface area contributed by atoms with Crippen molar-refractivity contribution in [2.75, 3.05) is 19.6 Å². The van der Waals surface area contributed by atoms with Gasteiger partial charge in [0.25, 0.3) is 0 Å². The molecule has 0 atom stereocenters. The van der Waals surface area contributed by atoms with E-state index in [1.54, 1.807) is 4.90 Å². The van der Waals surface area contributed by atoms with Gasteiger partial charge in [0.15, 0.2) is 0 Å². The highest BCUT2D eigenvalue weighted by Gasteiger charge is 2.20. The Morgan fingerprint density at radius 1 is 1.29 bits per heavy atom. The Labute approximate surface area is 101 Å². The Morgan fingerprint density at radius 3 is 2.76 bits per heavy atom. The molecule has 0 bridgehead atoms. The van der Waals surface area contributed by atoms with E-state index in [1.807, 2.05) is 30.3 Å². The van der Waals surface area contributed by atoms with E-state index in [9.17, 15) is 9.59 Å². The highest BCUT2D eigenvalue weighted by atomic mass is 16.2. The van der Waals surface area contributed by atoms with Crippen molar-refractivity contribution in [3.63, 3.8) is 0 Å². The zero-order valence-electron chi connectivity index (χ0n) is 9.69. The lowest BCUT2D eigenvalue weighted by molar-refractivity contribution is -0.138. The van der Waals surface area contributed by atoms with Crippen LogP contribution in [0.25, 0.3) is 0 Å². The van der Waals surface area contributed by atoms with Crippen LogP contribution in [0.1, 0.15) is 12.0 Å². The molecule has 1 heterocycles. The summed E-state index contributed by atoms with van der Waals surface area (Å²) < 4.78 is 0. The number of hydrogen-bond donors (Lipinski definition) is 1. The Morgan fingerprint density at radius 2 is 2.06 bits per heavy atom. The van der Waals surface area contributed by atoms with Gasteiger partial charge in [0.1, 0.15) is 0 Å². The molecule has 0 aromatic heterocycles. The number of rotatable bonds is 3. The number of carbonyl (C=O) groups is 2. The van der Waals surface area contributed by atoms with Crippen LogP contribution in [0.15, 0.2) is 30.3 Å². The van der Waals surface area contributed by atoms with Gasteiger partial charge in [-0.3, -0.25) is 9.59 Å². The molecule has 1 aliphatic heterocycles. The minimum absolute atomic E-state index is 0.0590. The van der Waals surface area contributed by atoms with Gasteiger partial charge in [-0.25, -0.2) is 0 Å². The van der Waals surface area contributed by atoms with Crippen LogP contribution in [-0.2, 0) is 16.0 Å². The van der Waals surface area contributed by atoms with Crippen molar-refractivity contribution in [3.8, 4) is 0 Å². The molecule has 2 rings (SSSR count). The molecule has 1 N–H and O–H groups in total. The predicted molar refractivity (Wildman–Crippen MR) is 64.4 cm³/mol. The van der Waals surface area contributed by atoms with E-state index >= 15 is 0 Å². The summed E-state index contributed by atoms with van der Waals surface area (Å²) in [7, 11) is 0. The van der Waals surface area contributed by atoms with Gasteiger partial charge in [-0.05, 0) is 12.0 Å². The van der Waals surface area contributed by atoms with Crippen LogP contribution in [0.2, 0.25) is 0 Å². The fourth-order valence-corrected chi connectivity index (χ4v) is 1.91. The summed E-state index contributed by atoms with van der Waals surface area (Å²) in [6, 6.07) is 9.91. The molecule has 1 aromatic rings. The molecule has 1 saturated heterocycles. The van der Waals surface area contributed by atoms with Crippen LogP contribution in [-0.4, -0.2) is 36.3 Å². The first kappa shape index (κ1) is 11.6. The normalized spacial score (nSPS) is 15.5. The fraction of sp³-hybridized carbons (Fsp3) is 0.385. The van der Waals surface area contributed by atoms with Gasteiger partial charge in [-0.2, -0.15) is 0 Å². The number of nitrogens with zero attached hydrogens (tertiary/aromatic N) is 1. The van der Waals surface area contributed by atoms with Gasteiger partial charge < -0.3 is 10.2 Å². The van der Waals surface area contributed by atoms with Crippen LogP contribution in [0.5, 0.6) is 0 Å². The molecule has 17 heavy (non-hydrogen) atoms. The molecule has 4 heteroatoms. The van der Waals surface area contributed by atoms with Crippen molar-refractivity contribution in [1.82, 2.24) is 10.2 Å². The second-order valence-corrected chi connectivity index (χ2v) is 4.15. The lowest BCUT2D eigenvalue weighted by atomic mass is 10.1. The van der Waals surface area contributed by atoms with Crippen molar-refractivity contribution < 1.29 is 9.59 Å². The predicted octanol–water partition coefficient (Wildman–Crippen LogP) is 0.578. The third kappa shape index (κ3) is 3.31. The number of hydrogen-bond acceptors (Lipinski definition) is 2. The smallest absolute Gasteiger partial charge is 0.239 e. The molecule has 0 unspecified atom stereocenters. The highest BCUT2D eigenvalue weighted by molar-refractivity contribution is 5.85. The first-order valence-electron chi connectivity index (χ1n) is 5.84. The number of benzene rings is 1. The average Bonchev–Trinajstić information content (AvgIpc) is 2.37. The van der Waals surface area contributed by atoms with E-state index in [2.05, 4.69) is 5.32 Å². The van der Waals surface area contributed by atoms with Crippen molar-refractivity contribution in [2.45, 2.75) is 12.8 Å². The quantitative estimate of drug-likeness (QED) is 0.828. The summed E-state index contributed by atoms with van der Waals surface area (Å²) in [5.74, 6) is -0.00647. The standard InChI is InChI=1S/C13H16N2O2/c16-12-10-15(9-8-14-12)13(17)7-6-11-4-2-1-3-5-11/h1-5H,6-10H2,(H,14,16). The van der Waals surface area contributed by atoms with Crippen LogP contribution < -0.4 is 5.32 Å². The third-order valence-electron chi connectivity index (χ3n) is 2.86. The zero-order valence-corrected chi connectivity index (χ0v) is 9.69. The van der Waals surface area contributed by atoms with E-state index in [0.717, 1.165) is 12.0 Å². The van der Waals surface area contributed by atoms with Gasteiger partial charge in [0.2, 0.25) is 11.8 Å². The maximum absolute atomic E-state index is 11.9. The monoisotopic (exact) mass is 232 g/mol. The topological polar surface area (TPSA) is 49.4 Å². The van der Waals surface area contributed by atoms with Gasteiger partial charge in [-0.1, -0.05) is 30.3 Å². The van der Waals surface area contributed by atoms with Gasteiger partial charge in [0, 0.05) is 19.5 Å². The van der Waals surface area contributed by atoms with Crippen LogP contribution in [0, 0.1) is 0 Å². The fourth-order valence-electron chi connectivity index (χ4n) is 1.91. The van der Waals surface area contributed by atoms with Gasteiger partial charge >= 0.3 is 0 Å². The van der Waals surface area contributed by atoms with Crippen molar-refractivity contribution in [2.24, 2.45) is 0 Å². The average molecular weight is 232 g/mol. The Kier molecular flexibility index (Phi) is 3.75. The lowest BCUT2D eigenvalue weighted by Crippen LogP contribution is -2.50. The lowest BCUT2D eigenvalue weighted by Gasteiger charge is -2.26. The third-order valence-corrected chi connectivity index (χ3v) is 2.86. The van der Waals surface area contributed by atoms with Gasteiger partial charge in [-0.15, -0.1) is 0 Å². The number of aryl methyl sites for hydroxylation is 1. The van der Waals surface area contributed by atoms with Crippen LogP contribution in [0.3, 0.4) is 0 Å². The first-order valence-corrected chi connectivity index (χ1v) is 5.84. The van der Waals surface area contributed by atoms with E-state index in [1.165, 1.54) is 0 Å². The summed E-state index contributed by atoms with van der Waals surface area (Å²) >= 11 is 0. The molecule has 2 amide bonds. The first-order chi connectivity index (χ1) is 8.25. The number of amides is 2. The van der Waals surface area contributed by atoms with E-state index in [4.69, 9.17) is 0 Å². The summed E-state index contributed by atoms with van der Waals surface area (Å²) in [5.41, 5.74) is 1.15. The van der Waals surface area contributed by atoms with Crippen molar-refractivity contribution in [3.05, 3.63) is 35.9 Å². The summed E-state index contributed by atoms with van der Waals surface area (Å²) in [6.45, 7) is 1.39. The molecule has 1 aromatic carbocycles. The summed E-state index contributed by atoms with van der Waals surface area (Å²) in [5, 5.41) is 2.71. The Balaban J connectivity index is 1.83. The molecule has 4 nitrogen and oxygen atoms in total. The molecular formula is C13H16N2O2. The van der Waals surface area contributed by atoms with E-state index < -0.39 is 0 Å². The summed E-state index contributed by atoms with van der Waals surface area (Å²) in [4.78, 5) is 24.6. The molecule has 0 aliphatic carbocycles. The number of nitrogens with one attached hydrogen (secondary N) is 1. The van der Waals surface area contributed by atoms with Crippen LogP contribution in [0.4, 0.5) is 0 Å². The van der Waals surface area contributed by atoms with E-state index in [-0.39, 0.29) is 18.4 Å². The molecule has 90 valence electrons. The molecule has 1 fully saturated rings. The minimum Gasteiger partial charge on any atom is -0.353 e. The van der Waals surface area contributed by atoms with E-state index in [0.29, 0.717) is 19.5 Å². The van der Waals surface area contributed by atoms with Crippen LogP contribution >= 0.6 is 0 Å². The Bertz CT molecular complexity index is 403. The molecular weight excluding hydrogens is 216 g/mol. The SMILES string of the molecule is O=C1CN(C(=O)CCc2ccccc2)CCN1. The molecule has 0 saturated carbocycles. The highest BCUT2D eigenvalue weighted by Crippen LogP contribution is 2.05. The molecule has 0 spiro atoms. The largest absolute Gasteiger partial charge is 0.353 e. The van der Waals surface area contributed by atoms with Gasteiger partial charge in [0.05, 0.1) is 6.54 Å². The maximum atomic E-state index is 11.9. The second-order valence-electron chi connectivity index (χ2n) is 4.15. The second kappa shape index (κ2) is 5.48. The number of carbonyl (C=O) groups excluding carboxylic acids is 2. The zero-order chi connectivity index (χ0) is 12.1. The molecule has 1 aliphatic rings. The summed E-state index contributed by atoms with van der Waals surface area (Å²) in [6.07, 6.45) is 1.20. The molecule has 0 radical (unpaired) electrons. The minimum atomic E-state index is -0.0655. The van der Waals surface area contributed by atoms with Crippen molar-refractivity contribution in [1.29, 1.82) is 0 Å².